The number of thiophene rings is 4. The van der Waals surface area contributed by atoms with Gasteiger partial charge >= 0.3 is 0 Å². The van der Waals surface area contributed by atoms with E-state index in [-0.39, 0.29) is 0 Å². The zero-order valence-electron chi connectivity index (χ0n) is 40.1. The summed E-state index contributed by atoms with van der Waals surface area (Å²) < 4.78 is 14.3. The van der Waals surface area contributed by atoms with Crippen molar-refractivity contribution in [3.63, 3.8) is 0 Å². The van der Waals surface area contributed by atoms with Gasteiger partial charge < -0.3 is 9.13 Å². The first kappa shape index (κ1) is 42.3. The van der Waals surface area contributed by atoms with Crippen LogP contribution in [-0.2, 0) is 0 Å². The maximum atomic E-state index is 12.4. The Morgan fingerprint density at radius 2 is 0.645 bits per heavy atom. The first-order valence-electron chi connectivity index (χ1n) is 25.2. The predicted octanol–water partition coefficient (Wildman–Crippen LogP) is 20.4. The molecule has 4 nitrogen and oxygen atoms in total. The molecular weight excluding hydrogens is 1000 g/mol. The van der Waals surface area contributed by atoms with Gasteiger partial charge in [0.15, 0.2) is 0 Å². The Kier molecular flexibility index (Phi) is 8.73. The zero-order chi connectivity index (χ0) is 49.9. The molecular formula is C68H34N4S4. The fraction of sp³-hybridized carbons (Fsp3) is 0. The minimum absolute atomic E-state index is 0.441. The molecule has 0 unspecified atom stereocenters. The molecule has 0 bridgehead atoms. The molecule has 0 aliphatic carbocycles. The second-order valence-electron chi connectivity index (χ2n) is 19.6. The molecule has 17 rings (SSSR count). The molecule has 0 saturated heterocycles. The monoisotopic (exact) mass is 1030 g/mol. The van der Waals surface area contributed by atoms with E-state index in [4.69, 9.17) is 0 Å². The van der Waals surface area contributed by atoms with Crippen molar-refractivity contribution in [1.82, 2.24) is 9.13 Å². The Morgan fingerprint density at radius 3 is 1.08 bits per heavy atom. The van der Waals surface area contributed by atoms with Gasteiger partial charge in [-0.2, -0.15) is 10.5 Å². The van der Waals surface area contributed by atoms with Crippen LogP contribution < -0.4 is 0 Å². The summed E-state index contributed by atoms with van der Waals surface area (Å²) in [5.74, 6) is 0. The highest BCUT2D eigenvalue weighted by atomic mass is 32.1. The van der Waals surface area contributed by atoms with Gasteiger partial charge in [-0.3, -0.25) is 0 Å². The summed E-state index contributed by atoms with van der Waals surface area (Å²) in [5.41, 5.74) is 9.48. The highest BCUT2D eigenvalue weighted by molar-refractivity contribution is 7.27. The number of hydrogen-bond acceptors (Lipinski definition) is 6. The highest BCUT2D eigenvalue weighted by Crippen LogP contribution is 2.53. The number of benzene rings is 11. The van der Waals surface area contributed by atoms with Gasteiger partial charge in [-0.15, -0.1) is 45.3 Å². The molecule has 6 aromatic heterocycles. The molecule has 0 N–H and O–H groups in total. The van der Waals surface area contributed by atoms with Gasteiger partial charge in [-0.25, -0.2) is 0 Å². The van der Waals surface area contributed by atoms with Gasteiger partial charge in [0.1, 0.15) is 12.1 Å². The summed E-state index contributed by atoms with van der Waals surface area (Å²) in [6, 6.07) is 80.0. The molecule has 17 aromatic rings. The molecule has 6 heterocycles. The molecule has 0 aliphatic rings. The number of hydrogen-bond donors (Lipinski definition) is 0. The van der Waals surface area contributed by atoms with Crippen LogP contribution in [0.5, 0.6) is 0 Å². The molecule has 76 heavy (non-hydrogen) atoms. The van der Waals surface area contributed by atoms with Crippen molar-refractivity contribution in [2.75, 3.05) is 0 Å². The first-order chi connectivity index (χ1) is 37.6. The standard InChI is InChI=1S/C68H34N4S4/c69-35-49-61(37-25-31-59-47(33-37)41-15-5-9-21-55(41)73-59)50(36-70)66(72-52-20-8-2-18-46(52)64-54(72)30-28-44-40-14-4-12-24-58(40)76-68(44)64)62(38-26-32-60-48(34-38)42-16-6-10-22-56(42)74-60)65(49)71-51-19-7-1-17-45(51)63-53(71)29-27-43-39-13-3-11-23-57(39)75-67(43)63/h1-34H. The quantitative estimate of drug-likeness (QED) is 0.176. The number of nitriles is 2. The number of aromatic nitrogens is 2. The Labute approximate surface area is 449 Å². The lowest BCUT2D eigenvalue weighted by Crippen LogP contribution is -2.11. The number of fused-ring (bicyclic) bond motifs is 20. The lowest BCUT2D eigenvalue weighted by Gasteiger charge is -2.25. The smallest absolute Gasteiger partial charge is 0.102 e. The van der Waals surface area contributed by atoms with Crippen LogP contribution in [0.15, 0.2) is 206 Å². The van der Waals surface area contributed by atoms with Crippen molar-refractivity contribution >= 4 is 170 Å². The first-order valence-corrected chi connectivity index (χ1v) is 28.4. The predicted molar refractivity (Wildman–Crippen MR) is 327 cm³/mol. The molecule has 0 radical (unpaired) electrons. The summed E-state index contributed by atoms with van der Waals surface area (Å²) in [6.07, 6.45) is 0. The molecule has 0 spiro atoms. The zero-order valence-corrected chi connectivity index (χ0v) is 43.3. The molecule has 350 valence electrons. The second-order valence-corrected chi connectivity index (χ2v) is 23.9. The molecule has 8 heteroatoms. The summed E-state index contributed by atoms with van der Waals surface area (Å²) in [6.45, 7) is 0. The lowest BCUT2D eigenvalue weighted by molar-refractivity contribution is 1.12. The largest absolute Gasteiger partial charge is 0.307 e. The average Bonchev–Trinajstić information content (AvgIpc) is 4.47. The fourth-order valence-electron chi connectivity index (χ4n) is 12.7. The topological polar surface area (TPSA) is 57.4 Å². The van der Waals surface area contributed by atoms with Crippen molar-refractivity contribution in [2.24, 2.45) is 0 Å². The van der Waals surface area contributed by atoms with Crippen molar-refractivity contribution in [2.45, 2.75) is 0 Å². The van der Waals surface area contributed by atoms with Gasteiger partial charge in [0.25, 0.3) is 0 Å². The molecule has 0 atom stereocenters. The van der Waals surface area contributed by atoms with E-state index in [1.165, 1.54) is 59.8 Å². The fourth-order valence-corrected chi connectivity index (χ4v) is 17.4. The van der Waals surface area contributed by atoms with Crippen LogP contribution in [0.2, 0.25) is 0 Å². The minimum atomic E-state index is 0.441. The molecule has 11 aromatic carbocycles. The Morgan fingerprint density at radius 1 is 0.289 bits per heavy atom. The van der Waals surface area contributed by atoms with E-state index in [0.29, 0.717) is 16.7 Å². The third-order valence-electron chi connectivity index (χ3n) is 15.8. The third-order valence-corrected chi connectivity index (χ3v) is 20.5. The number of rotatable bonds is 4. The number of nitrogens with zero attached hydrogens (tertiary/aromatic N) is 4. The van der Waals surface area contributed by atoms with Crippen LogP contribution in [0.25, 0.3) is 158 Å². The van der Waals surface area contributed by atoms with E-state index in [1.807, 2.05) is 22.7 Å². The van der Waals surface area contributed by atoms with E-state index in [1.54, 1.807) is 22.7 Å². The summed E-state index contributed by atoms with van der Waals surface area (Å²) >= 11 is 7.19. The van der Waals surface area contributed by atoms with Crippen LogP contribution in [0.3, 0.4) is 0 Å². The molecule has 0 fully saturated rings. The summed E-state index contributed by atoms with van der Waals surface area (Å²) in [7, 11) is 0. The van der Waals surface area contributed by atoms with Crippen molar-refractivity contribution in [1.29, 1.82) is 10.5 Å². The van der Waals surface area contributed by atoms with Gasteiger partial charge in [0.2, 0.25) is 0 Å². The van der Waals surface area contributed by atoms with E-state index in [9.17, 15) is 10.5 Å². The Hall–Kier alpha value is -9.12. The van der Waals surface area contributed by atoms with Crippen LogP contribution in [0, 0.1) is 22.7 Å². The SMILES string of the molecule is N#Cc1c(-c2ccc3sc4ccccc4c3c2)c(C#N)c(-n2c3ccccc3c3c4sc5ccccc5c4ccc32)c(-c2ccc3sc4ccccc4c3c2)c1-n1c2ccccc2c2c3sc4ccccc4c3ccc21. The van der Waals surface area contributed by atoms with Crippen LogP contribution in [0.4, 0.5) is 0 Å². The normalized spacial score (nSPS) is 12.2. The minimum Gasteiger partial charge on any atom is -0.307 e. The second kappa shape index (κ2) is 15.7. The van der Waals surface area contributed by atoms with Crippen LogP contribution in [-0.4, -0.2) is 9.13 Å². The van der Waals surface area contributed by atoms with E-state index >= 15 is 0 Å². The molecule has 0 saturated carbocycles. The highest BCUT2D eigenvalue weighted by Gasteiger charge is 2.33. The Balaban J connectivity index is 1.13. The van der Waals surface area contributed by atoms with E-state index < -0.39 is 0 Å². The Bertz CT molecular complexity index is 5300. The summed E-state index contributed by atoms with van der Waals surface area (Å²) in [5, 5.41) is 38.7. The van der Waals surface area contributed by atoms with Crippen molar-refractivity contribution in [3.8, 4) is 45.8 Å². The van der Waals surface area contributed by atoms with Crippen molar-refractivity contribution in [3.05, 3.63) is 217 Å². The summed E-state index contributed by atoms with van der Waals surface area (Å²) in [4.78, 5) is 0. The van der Waals surface area contributed by atoms with Crippen LogP contribution >= 0.6 is 45.3 Å². The van der Waals surface area contributed by atoms with Gasteiger partial charge in [-0.1, -0.05) is 133 Å². The van der Waals surface area contributed by atoms with E-state index in [2.05, 4.69) is 228 Å². The van der Waals surface area contributed by atoms with E-state index in [0.717, 1.165) is 92.5 Å². The maximum absolute atomic E-state index is 12.4. The maximum Gasteiger partial charge on any atom is 0.102 e. The number of para-hydroxylation sites is 2. The molecule has 0 amide bonds. The van der Waals surface area contributed by atoms with Gasteiger partial charge in [0.05, 0.1) is 44.6 Å². The average molecular weight is 1040 g/mol. The lowest BCUT2D eigenvalue weighted by atomic mass is 9.85. The molecule has 0 aliphatic heterocycles. The third kappa shape index (κ3) is 5.63. The van der Waals surface area contributed by atoms with Crippen molar-refractivity contribution < 1.29 is 0 Å². The van der Waals surface area contributed by atoms with Crippen LogP contribution in [0.1, 0.15) is 11.1 Å². The van der Waals surface area contributed by atoms with Gasteiger partial charge in [-0.05, 0) is 83.9 Å². The van der Waals surface area contributed by atoms with Gasteiger partial charge in [0, 0.05) is 113 Å².